The van der Waals surface area contributed by atoms with Gasteiger partial charge in [0.15, 0.2) is 0 Å². The minimum atomic E-state index is -1.00. The molecule has 1 saturated carbocycles. The van der Waals surface area contributed by atoms with Crippen molar-refractivity contribution in [2.24, 2.45) is 5.73 Å². The molecule has 156 valence electrons. The normalized spacial score (nSPS) is 20.3. The summed E-state index contributed by atoms with van der Waals surface area (Å²) >= 11 is 0. The van der Waals surface area contributed by atoms with E-state index in [1.165, 1.54) is 12.0 Å². The molecule has 0 spiro atoms. The Morgan fingerprint density at radius 1 is 1.20 bits per heavy atom. The second kappa shape index (κ2) is 7.63. The summed E-state index contributed by atoms with van der Waals surface area (Å²) in [4.78, 5) is 12.8. The molecule has 3 aromatic rings. The van der Waals surface area contributed by atoms with Crippen LogP contribution in [0, 0.1) is 6.92 Å². The average molecular weight is 422 g/mol. The molecule has 7 heteroatoms. The molecule has 1 atom stereocenters. The van der Waals surface area contributed by atoms with E-state index in [1.54, 1.807) is 0 Å². The van der Waals surface area contributed by atoms with Gasteiger partial charge in [0, 0.05) is 41.2 Å². The maximum atomic E-state index is 12.7. The molecule has 2 aromatic carbocycles. The zero-order valence-corrected chi connectivity index (χ0v) is 18.0. The molecule has 1 unspecified atom stereocenters. The van der Waals surface area contributed by atoms with E-state index in [-0.39, 0.29) is 5.54 Å². The van der Waals surface area contributed by atoms with Crippen molar-refractivity contribution >= 4 is 33.5 Å². The first kappa shape index (κ1) is 19.5. The number of rotatable bonds is 4. The van der Waals surface area contributed by atoms with Gasteiger partial charge in [-0.2, -0.15) is 4.98 Å². The van der Waals surface area contributed by atoms with Crippen LogP contribution in [-0.4, -0.2) is 38.6 Å². The Hall–Kier alpha value is -2.51. The van der Waals surface area contributed by atoms with Gasteiger partial charge in [-0.25, -0.2) is 4.98 Å². The molecular formula is C23H27N5OS. The molecule has 0 bridgehead atoms. The van der Waals surface area contributed by atoms with E-state index in [2.05, 4.69) is 29.3 Å². The fourth-order valence-corrected chi connectivity index (χ4v) is 5.45. The molecular weight excluding hydrogens is 394 g/mol. The summed E-state index contributed by atoms with van der Waals surface area (Å²) < 4.78 is 12.7. The van der Waals surface area contributed by atoms with Crippen LogP contribution in [0.4, 0.5) is 11.8 Å². The molecule has 0 saturated heterocycles. The molecule has 1 aliphatic carbocycles. The van der Waals surface area contributed by atoms with Crippen LogP contribution in [0.1, 0.15) is 30.4 Å². The minimum Gasteiger partial charge on any atom is -0.368 e. The highest BCUT2D eigenvalue weighted by molar-refractivity contribution is 7.85. The van der Waals surface area contributed by atoms with Crippen molar-refractivity contribution in [2.45, 2.75) is 43.2 Å². The number of nitrogens with zero attached hydrogens (tertiary/aromatic N) is 3. The molecule has 2 heterocycles. The van der Waals surface area contributed by atoms with Crippen LogP contribution in [0.5, 0.6) is 0 Å². The van der Waals surface area contributed by atoms with Crippen molar-refractivity contribution in [1.82, 2.24) is 9.97 Å². The number of hydrogen-bond donors (Lipinski definition) is 2. The summed E-state index contributed by atoms with van der Waals surface area (Å²) in [5.74, 6) is 2.07. The smallest absolute Gasteiger partial charge is 0.228 e. The van der Waals surface area contributed by atoms with Crippen molar-refractivity contribution in [3.63, 3.8) is 0 Å². The number of nitrogens with two attached hydrogens (primary N) is 1. The predicted octanol–water partition coefficient (Wildman–Crippen LogP) is 3.36. The van der Waals surface area contributed by atoms with Crippen LogP contribution in [-0.2, 0) is 17.3 Å². The zero-order valence-electron chi connectivity index (χ0n) is 17.2. The van der Waals surface area contributed by atoms with E-state index in [0.29, 0.717) is 31.3 Å². The Bertz CT molecular complexity index is 1130. The van der Waals surface area contributed by atoms with E-state index in [0.717, 1.165) is 40.0 Å². The fourth-order valence-electron chi connectivity index (χ4n) is 4.19. The van der Waals surface area contributed by atoms with Gasteiger partial charge in [-0.3, -0.25) is 4.21 Å². The van der Waals surface area contributed by atoms with Gasteiger partial charge in [-0.1, -0.05) is 29.8 Å². The molecule has 30 heavy (non-hydrogen) atoms. The third-order valence-corrected chi connectivity index (χ3v) is 7.65. The number of benzene rings is 2. The summed E-state index contributed by atoms with van der Waals surface area (Å²) in [6.07, 6.45) is 3.28. The van der Waals surface area contributed by atoms with Crippen LogP contribution in [0.2, 0.25) is 0 Å². The van der Waals surface area contributed by atoms with Gasteiger partial charge in [0.1, 0.15) is 5.82 Å². The molecule has 2 aliphatic rings. The average Bonchev–Trinajstić information content (AvgIpc) is 2.90. The predicted molar refractivity (Wildman–Crippen MR) is 122 cm³/mol. The number of fused-ring (bicyclic) bond motifs is 2. The maximum Gasteiger partial charge on any atom is 0.228 e. The summed E-state index contributed by atoms with van der Waals surface area (Å²) in [5.41, 5.74) is 9.46. The molecule has 1 fully saturated rings. The number of aryl methyl sites for hydroxylation is 1. The van der Waals surface area contributed by atoms with Gasteiger partial charge in [-0.15, -0.1) is 0 Å². The summed E-state index contributed by atoms with van der Waals surface area (Å²) in [7, 11) is -1.00. The van der Waals surface area contributed by atoms with Crippen molar-refractivity contribution in [2.75, 3.05) is 29.1 Å². The van der Waals surface area contributed by atoms with Crippen LogP contribution in [0.15, 0.2) is 47.4 Å². The largest absolute Gasteiger partial charge is 0.368 e. The molecule has 5 rings (SSSR count). The van der Waals surface area contributed by atoms with Gasteiger partial charge in [-0.05, 0) is 49.9 Å². The maximum absolute atomic E-state index is 12.7. The third-order valence-electron chi connectivity index (χ3n) is 6.21. The monoisotopic (exact) mass is 421 g/mol. The highest BCUT2D eigenvalue weighted by atomic mass is 32.2. The Kier molecular flexibility index (Phi) is 4.95. The first-order chi connectivity index (χ1) is 14.5. The van der Waals surface area contributed by atoms with Crippen molar-refractivity contribution in [1.29, 1.82) is 0 Å². The van der Waals surface area contributed by atoms with E-state index < -0.39 is 10.8 Å². The Balaban J connectivity index is 1.52. The topological polar surface area (TPSA) is 84.1 Å². The summed E-state index contributed by atoms with van der Waals surface area (Å²) in [5, 5.41) is 4.53. The highest BCUT2D eigenvalue weighted by Crippen LogP contribution is 2.31. The fraction of sp³-hybridized carbons (Fsp3) is 0.391. The lowest BCUT2D eigenvalue weighted by Gasteiger charge is -2.38. The second-order valence-corrected chi connectivity index (χ2v) is 10.1. The number of hydrogen-bond acceptors (Lipinski definition) is 6. The van der Waals surface area contributed by atoms with E-state index in [1.807, 2.05) is 30.3 Å². The van der Waals surface area contributed by atoms with Crippen LogP contribution < -0.4 is 16.0 Å². The van der Waals surface area contributed by atoms with Crippen LogP contribution >= 0.6 is 0 Å². The Morgan fingerprint density at radius 3 is 2.83 bits per heavy atom. The van der Waals surface area contributed by atoms with Crippen molar-refractivity contribution in [3.05, 3.63) is 53.6 Å². The first-order valence-corrected chi connectivity index (χ1v) is 11.9. The van der Waals surface area contributed by atoms with Gasteiger partial charge in [0.05, 0.1) is 16.3 Å². The number of nitrogens with one attached hydrogen (secondary N) is 1. The lowest BCUT2D eigenvalue weighted by Crippen LogP contribution is -2.52. The van der Waals surface area contributed by atoms with Gasteiger partial charge >= 0.3 is 0 Å². The molecule has 0 amide bonds. The van der Waals surface area contributed by atoms with E-state index in [9.17, 15) is 4.21 Å². The summed E-state index contributed by atoms with van der Waals surface area (Å²) in [6.45, 7) is 4.09. The minimum absolute atomic E-state index is 0.139. The van der Waals surface area contributed by atoms with Crippen LogP contribution in [0.3, 0.4) is 0 Å². The van der Waals surface area contributed by atoms with Crippen LogP contribution in [0.25, 0.3) is 10.9 Å². The lowest BCUT2D eigenvalue weighted by atomic mass is 9.78. The number of anilines is 2. The first-order valence-electron chi connectivity index (χ1n) is 10.5. The molecule has 3 N–H and O–H groups in total. The molecule has 0 radical (unpaired) electrons. The lowest BCUT2D eigenvalue weighted by molar-refractivity contribution is 0.265. The Morgan fingerprint density at radius 2 is 2.03 bits per heavy atom. The van der Waals surface area contributed by atoms with Crippen molar-refractivity contribution in [3.8, 4) is 0 Å². The molecule has 1 aliphatic heterocycles. The standard InChI is InChI=1S/C23H27N5OS/c1-16-7-8-19-18(13-16)21(25-15-23(24)9-4-10-23)27-22(26-19)28-11-12-30(29)20-6-3-2-5-17(20)14-28/h2-3,5-8,13H,4,9-12,14-15,24H2,1H3,(H,25,26,27). The van der Waals surface area contributed by atoms with Gasteiger partial charge in [0.25, 0.3) is 0 Å². The second-order valence-electron chi connectivity index (χ2n) is 8.54. The SMILES string of the molecule is Cc1ccc2nc(N3CCS(=O)c4ccccc4C3)nc(NCC3(N)CCC3)c2c1. The number of aromatic nitrogens is 2. The highest BCUT2D eigenvalue weighted by Gasteiger charge is 2.32. The van der Waals surface area contributed by atoms with Crippen molar-refractivity contribution < 1.29 is 4.21 Å². The Labute approximate surface area is 179 Å². The third kappa shape index (κ3) is 3.68. The van der Waals surface area contributed by atoms with E-state index in [4.69, 9.17) is 15.7 Å². The quantitative estimate of drug-likeness (QED) is 0.672. The van der Waals surface area contributed by atoms with Gasteiger partial charge < -0.3 is 16.0 Å². The summed E-state index contributed by atoms with van der Waals surface area (Å²) in [6, 6.07) is 14.2. The molecule has 6 nitrogen and oxygen atoms in total. The zero-order chi connectivity index (χ0) is 20.7. The van der Waals surface area contributed by atoms with Gasteiger partial charge in [0.2, 0.25) is 5.95 Å². The van der Waals surface area contributed by atoms with E-state index >= 15 is 0 Å². The molecule has 1 aromatic heterocycles.